The minimum Gasteiger partial charge on any atom is -0.493 e. The predicted octanol–water partition coefficient (Wildman–Crippen LogP) is 2.45. The lowest BCUT2D eigenvalue weighted by Crippen LogP contribution is -2.36. The summed E-state index contributed by atoms with van der Waals surface area (Å²) in [5.74, 6) is 1.29. The molecule has 3 rings (SSSR count). The molecule has 0 N–H and O–H groups in total. The number of fused-ring (bicyclic) bond motifs is 1. The van der Waals surface area contributed by atoms with E-state index in [1.807, 2.05) is 18.2 Å². The van der Waals surface area contributed by atoms with Gasteiger partial charge in [0.05, 0.1) is 19.1 Å². The zero-order valence-electron chi connectivity index (χ0n) is 13.2. The number of methoxy groups -OCH3 is 2. The van der Waals surface area contributed by atoms with Crippen LogP contribution in [0.25, 0.3) is 0 Å². The van der Waals surface area contributed by atoms with E-state index in [1.165, 1.54) is 4.31 Å². The largest absolute Gasteiger partial charge is 0.493 e. The first-order valence-corrected chi connectivity index (χ1v) is 8.79. The highest BCUT2D eigenvalue weighted by Crippen LogP contribution is 2.34. The Morgan fingerprint density at radius 2 is 1.57 bits per heavy atom. The molecule has 0 bridgehead atoms. The van der Waals surface area contributed by atoms with Gasteiger partial charge < -0.3 is 9.47 Å². The van der Waals surface area contributed by atoms with Crippen LogP contribution in [0.4, 0.5) is 0 Å². The molecule has 2 aromatic rings. The highest BCUT2D eigenvalue weighted by Gasteiger charge is 2.29. The molecule has 0 atom stereocenters. The lowest BCUT2D eigenvalue weighted by atomic mass is 10.0. The van der Waals surface area contributed by atoms with Crippen molar-refractivity contribution in [3.63, 3.8) is 0 Å². The van der Waals surface area contributed by atoms with Gasteiger partial charge in [-0.15, -0.1) is 0 Å². The number of rotatable bonds is 4. The summed E-state index contributed by atoms with van der Waals surface area (Å²) in [4.78, 5) is 0.323. The van der Waals surface area contributed by atoms with Gasteiger partial charge >= 0.3 is 0 Å². The van der Waals surface area contributed by atoms with Gasteiger partial charge in [0.25, 0.3) is 0 Å². The summed E-state index contributed by atoms with van der Waals surface area (Å²) in [6.45, 7) is 0.798. The molecule has 122 valence electrons. The minimum absolute atomic E-state index is 0.323. The van der Waals surface area contributed by atoms with Crippen LogP contribution in [0.2, 0.25) is 0 Å². The van der Waals surface area contributed by atoms with Gasteiger partial charge in [-0.05, 0) is 41.8 Å². The van der Waals surface area contributed by atoms with Crippen LogP contribution in [0.15, 0.2) is 47.4 Å². The smallest absolute Gasteiger partial charge is 0.243 e. The van der Waals surface area contributed by atoms with Gasteiger partial charge in [0.2, 0.25) is 10.0 Å². The third kappa shape index (κ3) is 2.92. The van der Waals surface area contributed by atoms with Crippen molar-refractivity contribution < 1.29 is 17.9 Å². The number of ether oxygens (including phenoxy) is 2. The SMILES string of the molecule is COc1cc2c(cc1OC)CN(S(=O)(=O)c1ccccc1)CC2. The summed E-state index contributed by atoms with van der Waals surface area (Å²) >= 11 is 0. The summed E-state index contributed by atoms with van der Waals surface area (Å²) in [5, 5.41) is 0. The quantitative estimate of drug-likeness (QED) is 0.862. The van der Waals surface area contributed by atoms with Crippen molar-refractivity contribution in [1.82, 2.24) is 4.31 Å². The second kappa shape index (κ2) is 6.22. The lowest BCUT2D eigenvalue weighted by Gasteiger charge is -2.28. The lowest BCUT2D eigenvalue weighted by molar-refractivity contribution is 0.348. The van der Waals surface area contributed by atoms with E-state index in [-0.39, 0.29) is 0 Å². The Morgan fingerprint density at radius 1 is 0.957 bits per heavy atom. The summed E-state index contributed by atoms with van der Waals surface area (Å²) in [6.07, 6.45) is 0.655. The zero-order chi connectivity index (χ0) is 16.4. The van der Waals surface area contributed by atoms with E-state index >= 15 is 0 Å². The highest BCUT2D eigenvalue weighted by atomic mass is 32.2. The molecule has 1 aliphatic heterocycles. The van der Waals surface area contributed by atoms with Crippen LogP contribution in [0.5, 0.6) is 11.5 Å². The van der Waals surface area contributed by atoms with Crippen molar-refractivity contribution in [2.45, 2.75) is 17.9 Å². The van der Waals surface area contributed by atoms with E-state index < -0.39 is 10.0 Å². The van der Waals surface area contributed by atoms with E-state index in [0.717, 1.165) is 11.1 Å². The maximum absolute atomic E-state index is 12.7. The fourth-order valence-corrected chi connectivity index (χ4v) is 4.24. The van der Waals surface area contributed by atoms with Crippen molar-refractivity contribution >= 4 is 10.0 Å². The van der Waals surface area contributed by atoms with Crippen molar-refractivity contribution in [2.75, 3.05) is 20.8 Å². The normalized spacial score (nSPS) is 15.0. The molecule has 0 saturated carbocycles. The van der Waals surface area contributed by atoms with Crippen LogP contribution in [0.3, 0.4) is 0 Å². The third-order valence-electron chi connectivity index (χ3n) is 4.06. The molecule has 0 fully saturated rings. The molecule has 1 heterocycles. The summed E-state index contributed by atoms with van der Waals surface area (Å²) < 4.78 is 37.6. The van der Waals surface area contributed by atoms with Crippen molar-refractivity contribution in [3.05, 3.63) is 53.6 Å². The highest BCUT2D eigenvalue weighted by molar-refractivity contribution is 7.89. The fourth-order valence-electron chi connectivity index (χ4n) is 2.80. The molecule has 0 saturated heterocycles. The molecule has 0 amide bonds. The first-order chi connectivity index (χ1) is 11.1. The summed E-state index contributed by atoms with van der Waals surface area (Å²) in [5.41, 5.74) is 2.05. The second-order valence-electron chi connectivity index (χ2n) is 5.38. The van der Waals surface area contributed by atoms with Crippen LogP contribution in [-0.2, 0) is 23.0 Å². The van der Waals surface area contributed by atoms with Gasteiger partial charge in [0.1, 0.15) is 0 Å². The number of benzene rings is 2. The maximum Gasteiger partial charge on any atom is 0.243 e. The van der Waals surface area contributed by atoms with Gasteiger partial charge in [-0.1, -0.05) is 18.2 Å². The molecule has 23 heavy (non-hydrogen) atoms. The Kier molecular flexibility index (Phi) is 4.28. The van der Waals surface area contributed by atoms with Gasteiger partial charge in [-0.2, -0.15) is 4.31 Å². The van der Waals surface area contributed by atoms with E-state index in [1.54, 1.807) is 38.5 Å². The van der Waals surface area contributed by atoms with Crippen LogP contribution >= 0.6 is 0 Å². The molecule has 2 aromatic carbocycles. The van der Waals surface area contributed by atoms with E-state index in [9.17, 15) is 8.42 Å². The van der Waals surface area contributed by atoms with Crippen molar-refractivity contribution in [1.29, 1.82) is 0 Å². The molecule has 0 aromatic heterocycles. The molecular formula is C17H19NO4S. The average molecular weight is 333 g/mol. The Bertz CT molecular complexity index is 803. The summed E-state index contributed by atoms with van der Waals surface area (Å²) in [7, 11) is -0.307. The predicted molar refractivity (Wildman–Crippen MR) is 87.3 cm³/mol. The number of sulfonamides is 1. The van der Waals surface area contributed by atoms with Crippen LogP contribution in [0.1, 0.15) is 11.1 Å². The number of nitrogens with zero attached hydrogens (tertiary/aromatic N) is 1. The van der Waals surface area contributed by atoms with Crippen LogP contribution in [-0.4, -0.2) is 33.5 Å². The monoisotopic (exact) mass is 333 g/mol. The van der Waals surface area contributed by atoms with Gasteiger partial charge in [0.15, 0.2) is 11.5 Å². The van der Waals surface area contributed by atoms with Crippen LogP contribution < -0.4 is 9.47 Å². The first-order valence-electron chi connectivity index (χ1n) is 7.35. The van der Waals surface area contributed by atoms with Gasteiger partial charge in [0, 0.05) is 13.1 Å². The molecule has 0 aliphatic carbocycles. The molecular weight excluding hydrogens is 314 g/mol. The zero-order valence-corrected chi connectivity index (χ0v) is 14.0. The van der Waals surface area contributed by atoms with Crippen LogP contribution in [0, 0.1) is 0 Å². The Balaban J connectivity index is 1.94. The molecule has 0 radical (unpaired) electrons. The van der Waals surface area contributed by atoms with E-state index in [4.69, 9.17) is 9.47 Å². The Labute approximate surface area is 136 Å². The first kappa shape index (κ1) is 15.8. The second-order valence-corrected chi connectivity index (χ2v) is 7.32. The summed E-state index contributed by atoms with van der Waals surface area (Å²) in [6, 6.07) is 12.3. The van der Waals surface area contributed by atoms with E-state index in [0.29, 0.717) is 35.9 Å². The molecule has 0 unspecified atom stereocenters. The fraction of sp³-hybridized carbons (Fsp3) is 0.294. The standard InChI is InChI=1S/C17H19NO4S/c1-21-16-10-13-8-9-18(12-14(13)11-17(16)22-2)23(19,20)15-6-4-3-5-7-15/h3-7,10-11H,8-9,12H2,1-2H3. The van der Waals surface area contributed by atoms with Crippen molar-refractivity contribution in [2.24, 2.45) is 0 Å². The Hall–Kier alpha value is -2.05. The Morgan fingerprint density at radius 3 is 2.17 bits per heavy atom. The average Bonchev–Trinajstić information content (AvgIpc) is 2.60. The van der Waals surface area contributed by atoms with Gasteiger partial charge in [-0.25, -0.2) is 8.42 Å². The maximum atomic E-state index is 12.7. The number of hydrogen-bond acceptors (Lipinski definition) is 4. The van der Waals surface area contributed by atoms with E-state index in [2.05, 4.69) is 0 Å². The molecule has 5 nitrogen and oxygen atoms in total. The molecule has 1 aliphatic rings. The van der Waals surface area contributed by atoms with Gasteiger partial charge in [-0.3, -0.25) is 0 Å². The minimum atomic E-state index is -3.48. The number of hydrogen-bond donors (Lipinski definition) is 0. The third-order valence-corrected chi connectivity index (χ3v) is 5.92. The molecule has 6 heteroatoms. The molecule has 0 spiro atoms. The van der Waals surface area contributed by atoms with Crippen molar-refractivity contribution in [3.8, 4) is 11.5 Å². The topological polar surface area (TPSA) is 55.8 Å².